The minimum absolute atomic E-state index is 0.149. The molecule has 2 aromatic rings. The fourth-order valence-electron chi connectivity index (χ4n) is 5.27. The zero-order valence-corrected chi connectivity index (χ0v) is 18.4. The maximum absolute atomic E-state index is 5.75. The van der Waals surface area contributed by atoms with Crippen LogP contribution in [0.15, 0.2) is 48.5 Å². The number of nitrogens with one attached hydrogen (secondary N) is 2. The molecule has 1 spiro atoms. The van der Waals surface area contributed by atoms with Crippen LogP contribution < -0.4 is 15.4 Å². The van der Waals surface area contributed by atoms with E-state index in [1.54, 1.807) is 7.11 Å². The van der Waals surface area contributed by atoms with E-state index in [1.165, 1.54) is 42.4 Å². The SMILES string of the molecule is COc1ccc(C(C)(C)C)cc1[C@H]1CC[C@]2(CCCNC2c2ccccc2)NC1. The molecule has 0 aromatic heterocycles. The van der Waals surface area contributed by atoms with Gasteiger partial charge in [0, 0.05) is 18.0 Å². The van der Waals surface area contributed by atoms with E-state index in [1.807, 2.05) is 0 Å². The molecule has 2 aliphatic heterocycles. The molecule has 0 bridgehead atoms. The monoisotopic (exact) mass is 392 g/mol. The van der Waals surface area contributed by atoms with Crippen LogP contribution in [0.1, 0.15) is 75.1 Å². The van der Waals surface area contributed by atoms with Crippen molar-refractivity contribution in [3.63, 3.8) is 0 Å². The Morgan fingerprint density at radius 2 is 1.83 bits per heavy atom. The number of methoxy groups -OCH3 is 1. The lowest BCUT2D eigenvalue weighted by atomic mass is 9.71. The lowest BCUT2D eigenvalue weighted by Crippen LogP contribution is -2.60. The summed E-state index contributed by atoms with van der Waals surface area (Å²) in [6.07, 6.45) is 4.87. The van der Waals surface area contributed by atoms with Crippen LogP contribution in [0.25, 0.3) is 0 Å². The first-order valence-electron chi connectivity index (χ1n) is 11.1. The van der Waals surface area contributed by atoms with Gasteiger partial charge in [-0.25, -0.2) is 0 Å². The van der Waals surface area contributed by atoms with Crippen molar-refractivity contribution < 1.29 is 4.74 Å². The van der Waals surface area contributed by atoms with E-state index in [2.05, 4.69) is 79.9 Å². The molecule has 156 valence electrons. The molecular formula is C26H36N2O. The average Bonchev–Trinajstić information content (AvgIpc) is 2.74. The molecule has 2 fully saturated rings. The zero-order chi connectivity index (χ0) is 20.5. The summed E-state index contributed by atoms with van der Waals surface area (Å²) in [6.45, 7) is 8.96. The van der Waals surface area contributed by atoms with Gasteiger partial charge in [-0.05, 0) is 60.4 Å². The smallest absolute Gasteiger partial charge is 0.122 e. The number of ether oxygens (including phenoxy) is 1. The van der Waals surface area contributed by atoms with Gasteiger partial charge in [0.2, 0.25) is 0 Å². The molecule has 1 unspecified atom stereocenters. The summed E-state index contributed by atoms with van der Waals surface area (Å²) in [5.74, 6) is 1.53. The molecular weight excluding hydrogens is 356 g/mol. The molecule has 2 heterocycles. The van der Waals surface area contributed by atoms with Crippen molar-refractivity contribution in [2.45, 2.75) is 69.4 Å². The fraction of sp³-hybridized carbons (Fsp3) is 0.538. The van der Waals surface area contributed by atoms with E-state index in [0.29, 0.717) is 12.0 Å². The Hall–Kier alpha value is -1.84. The first kappa shape index (κ1) is 20.4. The summed E-state index contributed by atoms with van der Waals surface area (Å²) in [7, 11) is 1.80. The van der Waals surface area contributed by atoms with Crippen molar-refractivity contribution in [1.82, 2.24) is 10.6 Å². The van der Waals surface area contributed by atoms with E-state index >= 15 is 0 Å². The van der Waals surface area contributed by atoms with E-state index < -0.39 is 0 Å². The van der Waals surface area contributed by atoms with E-state index in [9.17, 15) is 0 Å². The Bertz CT molecular complexity index is 816. The maximum Gasteiger partial charge on any atom is 0.122 e. The minimum Gasteiger partial charge on any atom is -0.496 e. The quantitative estimate of drug-likeness (QED) is 0.741. The highest BCUT2D eigenvalue weighted by atomic mass is 16.5. The Labute approximate surface area is 176 Å². The van der Waals surface area contributed by atoms with Crippen LogP contribution in [0.4, 0.5) is 0 Å². The van der Waals surface area contributed by atoms with Crippen molar-refractivity contribution in [2.24, 2.45) is 0 Å². The second-order valence-electron chi connectivity index (χ2n) is 9.88. The highest BCUT2D eigenvalue weighted by Gasteiger charge is 2.44. The van der Waals surface area contributed by atoms with E-state index in [0.717, 1.165) is 18.8 Å². The fourth-order valence-corrected chi connectivity index (χ4v) is 5.27. The molecule has 0 amide bonds. The second kappa shape index (κ2) is 8.12. The zero-order valence-electron chi connectivity index (χ0n) is 18.4. The third-order valence-electron chi connectivity index (χ3n) is 7.01. The highest BCUT2D eigenvalue weighted by molar-refractivity contribution is 5.42. The van der Waals surface area contributed by atoms with Crippen LogP contribution in [0.2, 0.25) is 0 Å². The van der Waals surface area contributed by atoms with Gasteiger partial charge < -0.3 is 15.4 Å². The number of rotatable bonds is 3. The third-order valence-corrected chi connectivity index (χ3v) is 7.01. The first-order valence-corrected chi connectivity index (χ1v) is 11.1. The molecule has 4 rings (SSSR count). The molecule has 2 aromatic carbocycles. The van der Waals surface area contributed by atoms with Gasteiger partial charge in [-0.15, -0.1) is 0 Å². The molecule has 0 aliphatic carbocycles. The van der Waals surface area contributed by atoms with Crippen molar-refractivity contribution in [3.05, 3.63) is 65.2 Å². The number of benzene rings is 2. The topological polar surface area (TPSA) is 33.3 Å². The molecule has 3 nitrogen and oxygen atoms in total. The van der Waals surface area contributed by atoms with Gasteiger partial charge in [0.25, 0.3) is 0 Å². The van der Waals surface area contributed by atoms with Gasteiger partial charge in [-0.3, -0.25) is 0 Å². The Morgan fingerprint density at radius 1 is 1.03 bits per heavy atom. The maximum atomic E-state index is 5.75. The van der Waals surface area contributed by atoms with Crippen molar-refractivity contribution in [1.29, 1.82) is 0 Å². The highest BCUT2D eigenvalue weighted by Crippen LogP contribution is 2.44. The van der Waals surface area contributed by atoms with Crippen LogP contribution in [0.5, 0.6) is 5.75 Å². The van der Waals surface area contributed by atoms with E-state index in [-0.39, 0.29) is 11.0 Å². The molecule has 0 radical (unpaired) electrons. The lowest BCUT2D eigenvalue weighted by molar-refractivity contribution is 0.131. The van der Waals surface area contributed by atoms with Gasteiger partial charge in [-0.2, -0.15) is 0 Å². The third kappa shape index (κ3) is 4.08. The summed E-state index contributed by atoms with van der Waals surface area (Å²) in [6, 6.07) is 18.1. The van der Waals surface area contributed by atoms with Crippen LogP contribution in [0.3, 0.4) is 0 Å². The predicted molar refractivity (Wildman–Crippen MR) is 121 cm³/mol. The molecule has 3 atom stereocenters. The van der Waals surface area contributed by atoms with Gasteiger partial charge in [0.1, 0.15) is 5.75 Å². The number of hydrogen-bond acceptors (Lipinski definition) is 3. The Kier molecular flexibility index (Phi) is 5.72. The molecule has 0 saturated carbocycles. The molecule has 29 heavy (non-hydrogen) atoms. The van der Waals surface area contributed by atoms with Crippen LogP contribution in [0, 0.1) is 0 Å². The normalized spacial score (nSPS) is 27.7. The van der Waals surface area contributed by atoms with Crippen molar-refractivity contribution >= 4 is 0 Å². The van der Waals surface area contributed by atoms with Crippen molar-refractivity contribution in [3.8, 4) is 5.75 Å². The van der Waals surface area contributed by atoms with Gasteiger partial charge in [0.15, 0.2) is 0 Å². The lowest BCUT2D eigenvalue weighted by Gasteiger charge is -2.50. The minimum atomic E-state index is 0.149. The molecule has 2 saturated heterocycles. The Morgan fingerprint density at radius 3 is 2.48 bits per heavy atom. The van der Waals surface area contributed by atoms with Crippen LogP contribution in [-0.4, -0.2) is 25.7 Å². The van der Waals surface area contributed by atoms with Gasteiger partial charge in [0.05, 0.1) is 13.2 Å². The largest absolute Gasteiger partial charge is 0.496 e. The summed E-state index contributed by atoms with van der Waals surface area (Å²) in [4.78, 5) is 0. The standard InChI is InChI=1S/C26H36N2O/c1-25(2,3)21-11-12-23(29-4)22(17-21)20-13-15-26(28-18-20)14-8-16-27-24(26)19-9-6-5-7-10-19/h5-7,9-12,17,20,24,27-28H,8,13-16,18H2,1-4H3/t20-,24?,26-/m0/s1. The Balaban J connectivity index is 1.57. The van der Waals surface area contributed by atoms with Crippen LogP contribution in [-0.2, 0) is 5.41 Å². The van der Waals surface area contributed by atoms with Crippen LogP contribution >= 0.6 is 0 Å². The number of hydrogen-bond donors (Lipinski definition) is 2. The summed E-state index contributed by atoms with van der Waals surface area (Å²) >= 11 is 0. The first-order chi connectivity index (χ1) is 13.9. The summed E-state index contributed by atoms with van der Waals surface area (Å²) in [5, 5.41) is 7.84. The number of piperidine rings is 2. The molecule has 2 aliphatic rings. The predicted octanol–water partition coefficient (Wildman–Crippen LogP) is 5.32. The van der Waals surface area contributed by atoms with Gasteiger partial charge >= 0.3 is 0 Å². The summed E-state index contributed by atoms with van der Waals surface area (Å²) in [5.41, 5.74) is 4.46. The van der Waals surface area contributed by atoms with E-state index in [4.69, 9.17) is 4.74 Å². The van der Waals surface area contributed by atoms with Gasteiger partial charge in [-0.1, -0.05) is 63.2 Å². The summed E-state index contributed by atoms with van der Waals surface area (Å²) < 4.78 is 5.75. The molecule has 2 N–H and O–H groups in total. The molecule has 3 heteroatoms. The average molecular weight is 393 g/mol. The van der Waals surface area contributed by atoms with Crippen molar-refractivity contribution in [2.75, 3.05) is 20.2 Å². The second-order valence-corrected chi connectivity index (χ2v) is 9.88.